The predicted molar refractivity (Wildman–Crippen MR) is 65.6 cm³/mol. The van der Waals surface area contributed by atoms with E-state index in [4.69, 9.17) is 5.73 Å². The fraction of sp³-hybridized carbons (Fsp3) is 0.300. The van der Waals surface area contributed by atoms with Crippen LogP contribution in [0.4, 0.5) is 0 Å². The second-order valence-corrected chi connectivity index (χ2v) is 5.49. The minimum absolute atomic E-state index is 0.0252. The standard InChI is InChI=1S/C10H12N4S2/c1-6(11)9-4-3-8(5-12-9)15-10-13-7(2)14-16-10/h3-6H,11H2,1-2H3. The molecule has 0 amide bonds. The van der Waals surface area contributed by atoms with E-state index in [9.17, 15) is 0 Å². The molecule has 2 N–H and O–H groups in total. The first-order chi connectivity index (χ1) is 7.65. The van der Waals surface area contributed by atoms with Crippen molar-refractivity contribution in [2.75, 3.05) is 0 Å². The molecule has 16 heavy (non-hydrogen) atoms. The second kappa shape index (κ2) is 4.90. The fourth-order valence-electron chi connectivity index (χ4n) is 1.14. The molecule has 84 valence electrons. The molecule has 2 aromatic heterocycles. The Morgan fingerprint density at radius 1 is 1.44 bits per heavy atom. The van der Waals surface area contributed by atoms with E-state index < -0.39 is 0 Å². The van der Waals surface area contributed by atoms with Crippen molar-refractivity contribution in [2.45, 2.75) is 29.1 Å². The Morgan fingerprint density at radius 3 is 2.75 bits per heavy atom. The number of hydrogen-bond acceptors (Lipinski definition) is 6. The topological polar surface area (TPSA) is 64.7 Å². The molecule has 0 aliphatic rings. The zero-order valence-corrected chi connectivity index (χ0v) is 10.7. The Balaban J connectivity index is 2.11. The zero-order chi connectivity index (χ0) is 11.5. The van der Waals surface area contributed by atoms with Gasteiger partial charge in [-0.25, -0.2) is 4.98 Å². The number of rotatable bonds is 3. The Morgan fingerprint density at radius 2 is 2.25 bits per heavy atom. The van der Waals surface area contributed by atoms with Crippen LogP contribution in [0, 0.1) is 6.92 Å². The molecule has 0 spiro atoms. The first-order valence-corrected chi connectivity index (χ1v) is 6.44. The highest BCUT2D eigenvalue weighted by Crippen LogP contribution is 2.28. The third-order valence-corrected chi connectivity index (χ3v) is 3.76. The Kier molecular flexibility index (Phi) is 3.52. The SMILES string of the molecule is Cc1nsc(Sc2ccc(C(C)N)nc2)n1. The lowest BCUT2D eigenvalue weighted by Crippen LogP contribution is -2.06. The Bertz CT molecular complexity index is 464. The lowest BCUT2D eigenvalue weighted by molar-refractivity contribution is 0.777. The van der Waals surface area contributed by atoms with Gasteiger partial charge in [-0.15, -0.1) is 0 Å². The van der Waals surface area contributed by atoms with Crippen molar-refractivity contribution < 1.29 is 0 Å². The number of aryl methyl sites for hydroxylation is 1. The van der Waals surface area contributed by atoms with Crippen molar-refractivity contribution >= 4 is 23.3 Å². The fourth-order valence-corrected chi connectivity index (χ4v) is 2.74. The van der Waals surface area contributed by atoms with Gasteiger partial charge < -0.3 is 5.73 Å². The van der Waals surface area contributed by atoms with Crippen LogP contribution in [0.25, 0.3) is 0 Å². The summed E-state index contributed by atoms with van der Waals surface area (Å²) >= 11 is 2.97. The molecule has 0 saturated carbocycles. The summed E-state index contributed by atoms with van der Waals surface area (Å²) in [4.78, 5) is 9.63. The highest BCUT2D eigenvalue weighted by Gasteiger charge is 2.05. The van der Waals surface area contributed by atoms with Crippen LogP contribution in [0.3, 0.4) is 0 Å². The van der Waals surface area contributed by atoms with Crippen molar-refractivity contribution in [3.8, 4) is 0 Å². The van der Waals surface area contributed by atoms with Crippen LogP contribution in [-0.2, 0) is 0 Å². The van der Waals surface area contributed by atoms with E-state index in [1.807, 2.05) is 32.2 Å². The van der Waals surface area contributed by atoms with E-state index in [-0.39, 0.29) is 6.04 Å². The van der Waals surface area contributed by atoms with Crippen molar-refractivity contribution in [2.24, 2.45) is 5.73 Å². The monoisotopic (exact) mass is 252 g/mol. The number of pyridine rings is 1. The number of hydrogen-bond donors (Lipinski definition) is 1. The third-order valence-electron chi connectivity index (χ3n) is 1.94. The summed E-state index contributed by atoms with van der Waals surface area (Å²) < 4.78 is 5.07. The summed E-state index contributed by atoms with van der Waals surface area (Å²) in [7, 11) is 0. The van der Waals surface area contributed by atoms with E-state index in [0.29, 0.717) is 0 Å². The molecule has 0 saturated heterocycles. The lowest BCUT2D eigenvalue weighted by Gasteiger charge is -2.04. The van der Waals surface area contributed by atoms with Crippen LogP contribution in [0.1, 0.15) is 24.5 Å². The first-order valence-electron chi connectivity index (χ1n) is 4.85. The van der Waals surface area contributed by atoms with Crippen molar-refractivity contribution in [3.63, 3.8) is 0 Å². The minimum Gasteiger partial charge on any atom is -0.323 e. The molecular weight excluding hydrogens is 240 g/mol. The van der Waals surface area contributed by atoms with Crippen molar-refractivity contribution in [3.05, 3.63) is 29.8 Å². The van der Waals surface area contributed by atoms with Crippen LogP contribution in [0.5, 0.6) is 0 Å². The summed E-state index contributed by atoms with van der Waals surface area (Å²) in [5, 5.41) is 0. The third kappa shape index (κ3) is 2.78. The smallest absolute Gasteiger partial charge is 0.174 e. The van der Waals surface area contributed by atoms with Gasteiger partial charge in [0.15, 0.2) is 4.34 Å². The Labute approximate surface area is 102 Å². The van der Waals surface area contributed by atoms with Crippen LogP contribution in [0.15, 0.2) is 27.6 Å². The summed E-state index contributed by atoms with van der Waals surface area (Å²) in [6.07, 6.45) is 1.82. The molecule has 0 aromatic carbocycles. The average Bonchev–Trinajstić information content (AvgIpc) is 2.65. The molecule has 0 bridgehead atoms. The van der Waals surface area contributed by atoms with Gasteiger partial charge in [0.05, 0.1) is 5.69 Å². The van der Waals surface area contributed by atoms with Crippen molar-refractivity contribution in [1.29, 1.82) is 0 Å². The minimum atomic E-state index is -0.0252. The molecule has 0 fully saturated rings. The maximum Gasteiger partial charge on any atom is 0.174 e. The van der Waals surface area contributed by atoms with Crippen LogP contribution in [0.2, 0.25) is 0 Å². The van der Waals surface area contributed by atoms with E-state index in [2.05, 4.69) is 14.3 Å². The lowest BCUT2D eigenvalue weighted by atomic mass is 10.2. The molecule has 4 nitrogen and oxygen atoms in total. The van der Waals surface area contributed by atoms with Gasteiger partial charge in [0.1, 0.15) is 5.82 Å². The van der Waals surface area contributed by atoms with Crippen molar-refractivity contribution in [1.82, 2.24) is 14.3 Å². The van der Waals surface area contributed by atoms with Gasteiger partial charge in [-0.2, -0.15) is 4.37 Å². The van der Waals surface area contributed by atoms with E-state index in [1.165, 1.54) is 11.5 Å². The number of nitrogens with zero attached hydrogens (tertiary/aromatic N) is 3. The van der Waals surface area contributed by atoms with Gasteiger partial charge in [-0.05, 0) is 37.5 Å². The van der Waals surface area contributed by atoms with E-state index >= 15 is 0 Å². The molecule has 2 heterocycles. The maximum absolute atomic E-state index is 5.73. The summed E-state index contributed by atoms with van der Waals surface area (Å²) in [6, 6.07) is 3.93. The average molecular weight is 252 g/mol. The van der Waals surface area contributed by atoms with Crippen LogP contribution in [-0.4, -0.2) is 14.3 Å². The molecule has 0 aliphatic carbocycles. The van der Waals surface area contributed by atoms with Gasteiger partial charge in [0.2, 0.25) is 0 Å². The molecule has 6 heteroatoms. The van der Waals surface area contributed by atoms with Gasteiger partial charge in [0, 0.05) is 17.1 Å². The van der Waals surface area contributed by atoms with Gasteiger partial charge in [-0.1, -0.05) is 11.8 Å². The molecular formula is C10H12N4S2. The van der Waals surface area contributed by atoms with Crippen LogP contribution >= 0.6 is 23.3 Å². The summed E-state index contributed by atoms with van der Waals surface area (Å²) in [5.41, 5.74) is 6.63. The normalized spacial score (nSPS) is 12.7. The maximum atomic E-state index is 5.73. The molecule has 1 atom stereocenters. The number of nitrogens with two attached hydrogens (primary N) is 1. The van der Waals surface area contributed by atoms with E-state index in [1.54, 1.807) is 11.8 Å². The van der Waals surface area contributed by atoms with Gasteiger partial charge >= 0.3 is 0 Å². The van der Waals surface area contributed by atoms with Gasteiger partial charge in [0.25, 0.3) is 0 Å². The summed E-state index contributed by atoms with van der Waals surface area (Å²) in [5.74, 6) is 0.813. The largest absolute Gasteiger partial charge is 0.323 e. The molecule has 2 aromatic rings. The second-order valence-electron chi connectivity index (χ2n) is 3.42. The molecule has 0 aliphatic heterocycles. The van der Waals surface area contributed by atoms with Gasteiger partial charge in [-0.3, -0.25) is 4.98 Å². The highest BCUT2D eigenvalue weighted by atomic mass is 32.2. The van der Waals surface area contributed by atoms with Crippen LogP contribution < -0.4 is 5.73 Å². The highest BCUT2D eigenvalue weighted by molar-refractivity contribution is 8.01. The first kappa shape index (κ1) is 11.5. The molecule has 2 rings (SSSR count). The predicted octanol–water partition coefficient (Wildman–Crippen LogP) is 2.41. The Hall–Kier alpha value is -0.980. The summed E-state index contributed by atoms with van der Waals surface area (Å²) in [6.45, 7) is 3.81. The zero-order valence-electron chi connectivity index (χ0n) is 9.04. The van der Waals surface area contributed by atoms with E-state index in [0.717, 1.165) is 20.8 Å². The quantitative estimate of drug-likeness (QED) is 0.908. The molecule has 1 unspecified atom stereocenters. The molecule has 0 radical (unpaired) electrons. The number of aromatic nitrogens is 3.